The summed E-state index contributed by atoms with van der Waals surface area (Å²) in [5, 5.41) is 1.05. The van der Waals surface area contributed by atoms with Crippen molar-refractivity contribution >= 4 is 35.3 Å². The predicted octanol–water partition coefficient (Wildman–Crippen LogP) is 4.79. The van der Waals surface area contributed by atoms with Gasteiger partial charge in [0.1, 0.15) is 4.64 Å². The largest absolute Gasteiger partial charge is 0.331 e. The average Bonchev–Trinajstić information content (AvgIpc) is 2.46. The van der Waals surface area contributed by atoms with E-state index in [1.54, 1.807) is 0 Å². The smallest absolute Gasteiger partial charge is 0.178 e. The van der Waals surface area contributed by atoms with Gasteiger partial charge >= 0.3 is 0 Å². The molecule has 0 radical (unpaired) electrons. The molecule has 0 atom stereocenters. The van der Waals surface area contributed by atoms with Gasteiger partial charge in [0.25, 0.3) is 0 Å². The number of hydrogen-bond acceptors (Lipinski definition) is 2. The van der Waals surface area contributed by atoms with E-state index in [1.807, 2.05) is 34.9 Å². The van der Waals surface area contributed by atoms with Crippen LogP contribution in [0.15, 0.2) is 48.5 Å². The van der Waals surface area contributed by atoms with Gasteiger partial charge in [-0.05, 0) is 36.3 Å². The molecule has 20 heavy (non-hydrogen) atoms. The van der Waals surface area contributed by atoms with Crippen molar-refractivity contribution in [3.05, 3.63) is 69.1 Å². The number of aromatic amines is 1. The summed E-state index contributed by atoms with van der Waals surface area (Å²) in [5.74, 6) is 0. The third-order valence-corrected chi connectivity index (χ3v) is 4.17. The highest BCUT2D eigenvalue weighted by molar-refractivity contribution is 7.72. The minimum Gasteiger partial charge on any atom is -0.331 e. The molecule has 3 rings (SSSR count). The molecule has 3 aromatic rings. The second-order valence-electron chi connectivity index (χ2n) is 4.80. The zero-order valence-corrected chi connectivity index (χ0v) is 12.7. The Kier molecular flexibility index (Phi) is 3.51. The van der Waals surface area contributed by atoms with Crippen molar-refractivity contribution in [2.24, 2.45) is 0 Å². The summed E-state index contributed by atoms with van der Waals surface area (Å²) < 4.78 is 3.43. The molecule has 0 aliphatic rings. The summed E-state index contributed by atoms with van der Waals surface area (Å²) in [7, 11) is 0. The molecule has 0 aliphatic carbocycles. The fourth-order valence-corrected chi connectivity index (χ4v) is 2.98. The van der Waals surface area contributed by atoms with Gasteiger partial charge in [0, 0.05) is 5.39 Å². The Labute approximate surface area is 127 Å². The molecule has 0 bridgehead atoms. The molecule has 2 aromatic carbocycles. The summed E-state index contributed by atoms with van der Waals surface area (Å²) in [6.45, 7) is 2.75. The third-order valence-electron chi connectivity index (χ3n) is 3.41. The lowest BCUT2D eigenvalue weighted by atomic mass is 10.1. The van der Waals surface area contributed by atoms with Gasteiger partial charge in [0.05, 0.1) is 12.1 Å². The molecule has 0 unspecified atom stereocenters. The van der Waals surface area contributed by atoms with E-state index in [0.29, 0.717) is 11.3 Å². The van der Waals surface area contributed by atoms with Gasteiger partial charge in [-0.2, -0.15) is 0 Å². The summed E-state index contributed by atoms with van der Waals surface area (Å²) in [4.78, 5) is 3.30. The van der Waals surface area contributed by atoms with Crippen LogP contribution in [0.4, 0.5) is 0 Å². The number of rotatable bonds is 2. The van der Waals surface area contributed by atoms with Gasteiger partial charge in [-0.25, -0.2) is 0 Å². The van der Waals surface area contributed by atoms with E-state index in [0.717, 1.165) is 21.1 Å². The Morgan fingerprint density at radius 3 is 2.50 bits per heavy atom. The van der Waals surface area contributed by atoms with E-state index in [1.165, 1.54) is 5.56 Å². The molecule has 100 valence electrons. The van der Waals surface area contributed by atoms with Gasteiger partial charge in [-0.1, -0.05) is 54.7 Å². The maximum atomic E-state index is 5.62. The SMILES string of the molecule is Cc1cccc2c(=S)n(Cc3ccccc3)c(=S)[nH]c12. The lowest BCUT2D eigenvalue weighted by Crippen LogP contribution is -2.06. The number of aryl methyl sites for hydroxylation is 1. The molecule has 0 fully saturated rings. The monoisotopic (exact) mass is 298 g/mol. The normalized spacial score (nSPS) is 10.8. The van der Waals surface area contributed by atoms with Crippen LogP contribution < -0.4 is 0 Å². The Bertz CT molecular complexity index is 876. The fourth-order valence-electron chi connectivity index (χ4n) is 2.33. The Morgan fingerprint density at radius 2 is 1.75 bits per heavy atom. The first kappa shape index (κ1) is 13.2. The Balaban J connectivity index is 2.22. The summed E-state index contributed by atoms with van der Waals surface area (Å²) in [6.07, 6.45) is 0. The molecular formula is C16H14N2S2. The maximum absolute atomic E-state index is 5.62. The molecule has 0 spiro atoms. The highest BCUT2D eigenvalue weighted by Crippen LogP contribution is 2.18. The number of benzene rings is 2. The van der Waals surface area contributed by atoms with Crippen LogP contribution in [-0.4, -0.2) is 9.55 Å². The molecule has 1 aromatic heterocycles. The minimum absolute atomic E-state index is 0.667. The number of fused-ring (bicyclic) bond motifs is 1. The second kappa shape index (κ2) is 5.31. The molecule has 1 N–H and O–H groups in total. The van der Waals surface area contributed by atoms with Crippen molar-refractivity contribution < 1.29 is 0 Å². The van der Waals surface area contributed by atoms with E-state index < -0.39 is 0 Å². The number of aromatic nitrogens is 2. The van der Waals surface area contributed by atoms with Crippen LogP contribution in [0, 0.1) is 16.3 Å². The van der Waals surface area contributed by atoms with Gasteiger partial charge in [-0.3, -0.25) is 0 Å². The van der Waals surface area contributed by atoms with Gasteiger partial charge in [0.2, 0.25) is 0 Å². The molecule has 0 aliphatic heterocycles. The molecular weight excluding hydrogens is 284 g/mol. The minimum atomic E-state index is 0.667. The van der Waals surface area contributed by atoms with E-state index in [-0.39, 0.29) is 0 Å². The molecule has 0 saturated carbocycles. The molecule has 0 amide bonds. The number of hydrogen-bond donors (Lipinski definition) is 1. The molecule has 0 saturated heterocycles. The van der Waals surface area contributed by atoms with Crippen LogP contribution in [-0.2, 0) is 6.54 Å². The topological polar surface area (TPSA) is 20.7 Å². The van der Waals surface area contributed by atoms with Crippen LogP contribution in [0.2, 0.25) is 0 Å². The number of nitrogens with one attached hydrogen (secondary N) is 1. The van der Waals surface area contributed by atoms with Crippen molar-refractivity contribution in [2.45, 2.75) is 13.5 Å². The van der Waals surface area contributed by atoms with Gasteiger partial charge in [-0.15, -0.1) is 0 Å². The summed E-state index contributed by atoms with van der Waals surface area (Å²) in [5.41, 5.74) is 3.38. The van der Waals surface area contributed by atoms with E-state index in [9.17, 15) is 0 Å². The number of para-hydroxylation sites is 1. The summed E-state index contributed by atoms with van der Waals surface area (Å²) in [6, 6.07) is 16.3. The van der Waals surface area contributed by atoms with Crippen molar-refractivity contribution in [2.75, 3.05) is 0 Å². The Morgan fingerprint density at radius 1 is 1.00 bits per heavy atom. The molecule has 4 heteroatoms. The molecule has 2 nitrogen and oxygen atoms in total. The van der Waals surface area contributed by atoms with Gasteiger partial charge in [0.15, 0.2) is 4.77 Å². The third kappa shape index (κ3) is 2.32. The highest BCUT2D eigenvalue weighted by Gasteiger charge is 2.05. The lowest BCUT2D eigenvalue weighted by molar-refractivity contribution is 0.751. The van der Waals surface area contributed by atoms with Crippen LogP contribution >= 0.6 is 24.4 Å². The van der Waals surface area contributed by atoms with Crippen LogP contribution in [0.3, 0.4) is 0 Å². The first-order valence-electron chi connectivity index (χ1n) is 6.43. The Hall–Kier alpha value is -1.78. The zero-order chi connectivity index (χ0) is 14.1. The average molecular weight is 298 g/mol. The predicted molar refractivity (Wildman–Crippen MR) is 88.2 cm³/mol. The standard InChI is InChI=1S/C16H14N2S2/c1-11-6-5-9-13-14(11)17-16(20)18(15(13)19)10-12-7-3-2-4-8-12/h2-9H,10H2,1H3,(H,17,20). The van der Waals surface area contributed by atoms with Crippen LogP contribution in [0.5, 0.6) is 0 Å². The van der Waals surface area contributed by atoms with Crippen LogP contribution in [0.1, 0.15) is 11.1 Å². The van der Waals surface area contributed by atoms with E-state index in [4.69, 9.17) is 24.4 Å². The van der Waals surface area contributed by atoms with Crippen molar-refractivity contribution in [1.82, 2.24) is 9.55 Å². The van der Waals surface area contributed by atoms with Gasteiger partial charge < -0.3 is 9.55 Å². The fraction of sp³-hybridized carbons (Fsp3) is 0.125. The van der Waals surface area contributed by atoms with E-state index in [2.05, 4.69) is 30.1 Å². The molecule has 1 heterocycles. The van der Waals surface area contributed by atoms with Crippen molar-refractivity contribution in [3.63, 3.8) is 0 Å². The summed E-state index contributed by atoms with van der Waals surface area (Å²) >= 11 is 11.1. The first-order valence-corrected chi connectivity index (χ1v) is 7.25. The van der Waals surface area contributed by atoms with Crippen LogP contribution in [0.25, 0.3) is 10.9 Å². The maximum Gasteiger partial charge on any atom is 0.178 e. The second-order valence-corrected chi connectivity index (χ2v) is 5.58. The lowest BCUT2D eigenvalue weighted by Gasteiger charge is -2.11. The quantitative estimate of drug-likeness (QED) is 0.687. The first-order chi connectivity index (χ1) is 9.66. The van der Waals surface area contributed by atoms with E-state index >= 15 is 0 Å². The number of H-pyrrole nitrogens is 1. The highest BCUT2D eigenvalue weighted by atomic mass is 32.1. The zero-order valence-electron chi connectivity index (χ0n) is 11.1. The van der Waals surface area contributed by atoms with Crippen molar-refractivity contribution in [3.8, 4) is 0 Å². The van der Waals surface area contributed by atoms with Crippen molar-refractivity contribution in [1.29, 1.82) is 0 Å². The number of nitrogens with zero attached hydrogens (tertiary/aromatic N) is 1.